The number of carbonyl (C=O) groups excluding carboxylic acids is 1. The summed E-state index contributed by atoms with van der Waals surface area (Å²) in [5.41, 5.74) is 0.452. The van der Waals surface area contributed by atoms with Crippen LogP contribution in [0.3, 0.4) is 0 Å². The second-order valence-corrected chi connectivity index (χ2v) is 5.65. The summed E-state index contributed by atoms with van der Waals surface area (Å²) in [4.78, 5) is 11.8. The van der Waals surface area contributed by atoms with Crippen LogP contribution in [-0.4, -0.2) is 33.1 Å². The summed E-state index contributed by atoms with van der Waals surface area (Å²) in [5, 5.41) is 6.27. The molecule has 0 aromatic carbocycles. The first-order valence-corrected chi connectivity index (χ1v) is 7.31. The molecule has 0 radical (unpaired) electrons. The van der Waals surface area contributed by atoms with Crippen molar-refractivity contribution >= 4 is 23.4 Å². The van der Waals surface area contributed by atoms with E-state index in [1.807, 2.05) is 6.92 Å². The number of nitrogens with zero attached hydrogens (tertiary/aromatic N) is 2. The minimum absolute atomic E-state index is 0.127. The fraction of sp³-hybridized carbons (Fsp3) is 0.667. The summed E-state index contributed by atoms with van der Waals surface area (Å²) in [6.45, 7) is 3.47. The van der Waals surface area contributed by atoms with E-state index < -0.39 is 13.0 Å². The van der Waals surface area contributed by atoms with E-state index in [0.717, 1.165) is 23.3 Å². The third kappa shape index (κ3) is 6.04. The van der Waals surface area contributed by atoms with E-state index in [1.165, 1.54) is 12.4 Å². The predicted octanol–water partition coefficient (Wildman–Crippen LogP) is 3.01. The van der Waals surface area contributed by atoms with E-state index in [4.69, 9.17) is 0 Å². The highest BCUT2D eigenvalue weighted by Crippen LogP contribution is 2.15. The molecule has 0 spiro atoms. The van der Waals surface area contributed by atoms with Crippen molar-refractivity contribution in [1.82, 2.24) is 9.78 Å². The number of nitrogens with one attached hydrogen (secondary N) is 1. The Labute approximate surface area is 115 Å². The molecule has 1 atom stereocenters. The third-order valence-electron chi connectivity index (χ3n) is 2.46. The normalized spacial score (nSPS) is 12.7. The largest absolute Gasteiger partial charge is 0.322 e. The Morgan fingerprint density at radius 1 is 1.58 bits per heavy atom. The quantitative estimate of drug-likeness (QED) is 0.749. The first-order chi connectivity index (χ1) is 9.02. The highest BCUT2D eigenvalue weighted by Gasteiger charge is 2.14. The molecule has 0 bridgehead atoms. The molecule has 1 heterocycles. The van der Waals surface area contributed by atoms with Gasteiger partial charge in [-0.2, -0.15) is 5.10 Å². The molecule has 7 heteroatoms. The first-order valence-electron chi connectivity index (χ1n) is 6.26. The molecule has 1 amide bonds. The topological polar surface area (TPSA) is 46.9 Å². The number of anilines is 1. The predicted molar refractivity (Wildman–Crippen MR) is 73.7 cm³/mol. The molecular formula is C12H19F2N3OS. The van der Waals surface area contributed by atoms with Crippen LogP contribution in [0.5, 0.6) is 0 Å². The van der Waals surface area contributed by atoms with Crippen LogP contribution in [0.1, 0.15) is 26.7 Å². The SMILES string of the molecule is CCCCS[C@H](C)C(=O)Nc1cnn(CC(F)F)c1. The lowest BCUT2D eigenvalue weighted by Gasteiger charge is -2.10. The smallest absolute Gasteiger partial charge is 0.257 e. The summed E-state index contributed by atoms with van der Waals surface area (Å²) in [7, 11) is 0. The molecule has 1 N–H and O–H groups in total. The molecule has 19 heavy (non-hydrogen) atoms. The van der Waals surface area contributed by atoms with Crippen molar-refractivity contribution in [3.63, 3.8) is 0 Å². The summed E-state index contributed by atoms with van der Waals surface area (Å²) in [6, 6.07) is 0. The van der Waals surface area contributed by atoms with E-state index in [2.05, 4.69) is 17.3 Å². The minimum Gasteiger partial charge on any atom is -0.322 e. The van der Waals surface area contributed by atoms with E-state index in [1.54, 1.807) is 11.8 Å². The number of halogens is 2. The lowest BCUT2D eigenvalue weighted by atomic mass is 10.4. The van der Waals surface area contributed by atoms with E-state index >= 15 is 0 Å². The van der Waals surface area contributed by atoms with Crippen LogP contribution in [0.25, 0.3) is 0 Å². The summed E-state index contributed by atoms with van der Waals surface area (Å²) in [6.07, 6.45) is 2.51. The van der Waals surface area contributed by atoms with Crippen molar-refractivity contribution < 1.29 is 13.6 Å². The van der Waals surface area contributed by atoms with Crippen LogP contribution in [0.4, 0.5) is 14.5 Å². The van der Waals surface area contributed by atoms with Gasteiger partial charge in [0.1, 0.15) is 6.54 Å². The average molecular weight is 291 g/mol. The molecule has 1 aromatic heterocycles. The Balaban J connectivity index is 2.40. The van der Waals surface area contributed by atoms with Gasteiger partial charge in [-0.3, -0.25) is 9.48 Å². The molecule has 4 nitrogen and oxygen atoms in total. The zero-order valence-electron chi connectivity index (χ0n) is 11.1. The molecule has 0 saturated carbocycles. The molecular weight excluding hydrogens is 272 g/mol. The molecule has 0 fully saturated rings. The number of carbonyl (C=O) groups is 1. The van der Waals surface area contributed by atoms with Crippen LogP contribution in [0.15, 0.2) is 12.4 Å². The van der Waals surface area contributed by atoms with Crippen molar-refractivity contribution in [2.24, 2.45) is 0 Å². The zero-order chi connectivity index (χ0) is 14.3. The van der Waals surface area contributed by atoms with Gasteiger partial charge < -0.3 is 5.32 Å². The Morgan fingerprint density at radius 3 is 2.95 bits per heavy atom. The lowest BCUT2D eigenvalue weighted by Crippen LogP contribution is -2.22. The van der Waals surface area contributed by atoms with Gasteiger partial charge in [-0.25, -0.2) is 8.78 Å². The maximum Gasteiger partial charge on any atom is 0.257 e. The number of amides is 1. The summed E-state index contributed by atoms with van der Waals surface area (Å²) < 4.78 is 25.4. The highest BCUT2D eigenvalue weighted by molar-refractivity contribution is 8.00. The molecule has 108 valence electrons. The first kappa shape index (κ1) is 15.9. The maximum atomic E-state index is 12.1. The molecule has 0 aliphatic rings. The number of hydrogen-bond donors (Lipinski definition) is 1. The molecule has 1 rings (SSSR count). The van der Waals surface area contributed by atoms with Gasteiger partial charge in [-0.05, 0) is 19.1 Å². The van der Waals surface area contributed by atoms with Gasteiger partial charge in [0, 0.05) is 6.20 Å². The van der Waals surface area contributed by atoms with Gasteiger partial charge in [0.25, 0.3) is 6.43 Å². The van der Waals surface area contributed by atoms with Crippen LogP contribution < -0.4 is 5.32 Å². The minimum atomic E-state index is -2.45. The maximum absolute atomic E-state index is 12.1. The summed E-state index contributed by atoms with van der Waals surface area (Å²) >= 11 is 1.59. The van der Waals surface area contributed by atoms with Gasteiger partial charge >= 0.3 is 0 Å². The van der Waals surface area contributed by atoms with Gasteiger partial charge in [0.15, 0.2) is 0 Å². The fourth-order valence-corrected chi connectivity index (χ4v) is 2.41. The van der Waals surface area contributed by atoms with Crippen LogP contribution in [0, 0.1) is 0 Å². The van der Waals surface area contributed by atoms with Crippen molar-refractivity contribution in [2.45, 2.75) is 44.9 Å². The molecule has 0 saturated heterocycles. The zero-order valence-corrected chi connectivity index (χ0v) is 11.9. The molecule has 0 aliphatic carbocycles. The number of hydrogen-bond acceptors (Lipinski definition) is 3. The van der Waals surface area contributed by atoms with E-state index in [0.29, 0.717) is 5.69 Å². The second-order valence-electron chi connectivity index (χ2n) is 4.20. The van der Waals surface area contributed by atoms with Gasteiger partial charge in [0.05, 0.1) is 17.1 Å². The summed E-state index contributed by atoms with van der Waals surface area (Å²) in [5.74, 6) is 0.813. The lowest BCUT2D eigenvalue weighted by molar-refractivity contribution is -0.115. The Hall–Kier alpha value is -1.11. The number of thioether (sulfide) groups is 1. The molecule has 0 unspecified atom stereocenters. The third-order valence-corrected chi connectivity index (χ3v) is 3.70. The monoisotopic (exact) mass is 291 g/mol. The van der Waals surface area contributed by atoms with Gasteiger partial charge in [-0.15, -0.1) is 11.8 Å². The fourth-order valence-electron chi connectivity index (χ4n) is 1.39. The van der Waals surface area contributed by atoms with E-state index in [-0.39, 0.29) is 11.2 Å². The van der Waals surface area contributed by atoms with Crippen LogP contribution in [0.2, 0.25) is 0 Å². The Kier molecular flexibility index (Phi) is 6.83. The van der Waals surface area contributed by atoms with Gasteiger partial charge in [0.2, 0.25) is 5.91 Å². The second kappa shape index (κ2) is 8.14. The van der Waals surface area contributed by atoms with Crippen molar-refractivity contribution in [2.75, 3.05) is 11.1 Å². The standard InChI is InChI=1S/C12H19F2N3OS/c1-3-4-5-19-9(2)12(18)16-10-6-15-17(7-10)8-11(13)14/h6-7,9,11H,3-5,8H2,1-2H3,(H,16,18)/t9-/m1/s1. The molecule has 1 aromatic rings. The average Bonchev–Trinajstić information content (AvgIpc) is 2.75. The molecule has 0 aliphatic heterocycles. The van der Waals surface area contributed by atoms with Crippen molar-refractivity contribution in [1.29, 1.82) is 0 Å². The Morgan fingerprint density at radius 2 is 2.32 bits per heavy atom. The van der Waals surface area contributed by atoms with Crippen LogP contribution in [-0.2, 0) is 11.3 Å². The van der Waals surface area contributed by atoms with Crippen LogP contribution >= 0.6 is 11.8 Å². The van der Waals surface area contributed by atoms with Crippen molar-refractivity contribution in [3.8, 4) is 0 Å². The van der Waals surface area contributed by atoms with Gasteiger partial charge in [-0.1, -0.05) is 13.3 Å². The van der Waals surface area contributed by atoms with E-state index in [9.17, 15) is 13.6 Å². The Bertz CT molecular complexity index is 398. The number of aromatic nitrogens is 2. The number of unbranched alkanes of at least 4 members (excludes halogenated alkanes) is 1. The number of rotatable bonds is 8. The number of alkyl halides is 2. The van der Waals surface area contributed by atoms with Crippen molar-refractivity contribution in [3.05, 3.63) is 12.4 Å². The highest BCUT2D eigenvalue weighted by atomic mass is 32.2.